The fraction of sp³-hybridized carbons (Fsp3) is 0.727. The largest absolute Gasteiger partial charge is 0.308 e. The van der Waals surface area contributed by atoms with Gasteiger partial charge in [-0.05, 0) is 12.8 Å². The van der Waals surface area contributed by atoms with E-state index in [9.17, 15) is 8.42 Å². The molecule has 1 aromatic rings. The molecule has 1 saturated carbocycles. The number of aromatic nitrogens is 2. The Kier molecular flexibility index (Phi) is 3.53. The summed E-state index contributed by atoms with van der Waals surface area (Å²) in [6.07, 6.45) is 8.78. The second-order valence-electron chi connectivity index (χ2n) is 4.71. The molecule has 0 bridgehead atoms. The second kappa shape index (κ2) is 4.78. The van der Waals surface area contributed by atoms with E-state index in [1.54, 1.807) is 26.5 Å². The summed E-state index contributed by atoms with van der Waals surface area (Å²) in [6.45, 7) is 0. The molecule has 6 heteroatoms. The predicted octanol–water partition coefficient (Wildman–Crippen LogP) is 1.59. The second-order valence-corrected chi connectivity index (χ2v) is 6.73. The van der Waals surface area contributed by atoms with Gasteiger partial charge in [0.05, 0.1) is 0 Å². The molecule has 96 valence electrons. The van der Waals surface area contributed by atoms with Gasteiger partial charge < -0.3 is 0 Å². The molecule has 1 fully saturated rings. The summed E-state index contributed by atoms with van der Waals surface area (Å²) in [5.41, 5.74) is 0. The van der Waals surface area contributed by atoms with Gasteiger partial charge in [0, 0.05) is 32.4 Å². The highest BCUT2D eigenvalue weighted by Crippen LogP contribution is 2.32. The van der Waals surface area contributed by atoms with E-state index in [-0.39, 0.29) is 5.92 Å². The van der Waals surface area contributed by atoms with E-state index in [2.05, 4.69) is 4.98 Å². The summed E-state index contributed by atoms with van der Waals surface area (Å²) in [4.78, 5) is 4.25. The summed E-state index contributed by atoms with van der Waals surface area (Å²) in [5, 5.41) is 0. The third-order valence-corrected chi connectivity index (χ3v) is 5.04. The minimum atomic E-state index is -3.43. The Morgan fingerprint density at radius 2 is 1.94 bits per heavy atom. The summed E-state index contributed by atoms with van der Waals surface area (Å²) in [7, 11) is -0.343. The van der Waals surface area contributed by atoms with Crippen LogP contribution in [0.15, 0.2) is 12.4 Å². The molecular weight excluding hydrogens is 238 g/mol. The van der Waals surface area contributed by atoms with Gasteiger partial charge in [0.1, 0.15) is 5.82 Å². The zero-order chi connectivity index (χ0) is 12.5. The van der Waals surface area contributed by atoms with Gasteiger partial charge >= 0.3 is 10.2 Å². The average molecular weight is 257 g/mol. The normalized spacial score (nSPS) is 18.8. The van der Waals surface area contributed by atoms with Crippen LogP contribution in [0.4, 0.5) is 0 Å². The highest BCUT2D eigenvalue weighted by atomic mass is 32.2. The fourth-order valence-electron chi connectivity index (χ4n) is 2.32. The van der Waals surface area contributed by atoms with E-state index in [4.69, 9.17) is 0 Å². The molecule has 0 N–H and O–H groups in total. The van der Waals surface area contributed by atoms with Gasteiger partial charge in [-0.3, -0.25) is 0 Å². The highest BCUT2D eigenvalue weighted by Gasteiger charge is 2.26. The van der Waals surface area contributed by atoms with Crippen molar-refractivity contribution in [3.63, 3.8) is 0 Å². The molecule has 1 heterocycles. The fourth-order valence-corrected chi connectivity index (χ4v) is 3.31. The standard InChI is InChI=1S/C11H19N3O2S/c1-13(2)17(15,16)14-9-8-12-11(14)10-6-4-3-5-7-10/h8-10H,3-7H2,1-2H3. The van der Waals surface area contributed by atoms with Crippen molar-refractivity contribution < 1.29 is 8.42 Å². The molecular formula is C11H19N3O2S. The molecule has 1 aliphatic rings. The maximum Gasteiger partial charge on any atom is 0.308 e. The number of rotatable bonds is 3. The number of nitrogens with zero attached hydrogens (tertiary/aromatic N) is 3. The third-order valence-electron chi connectivity index (χ3n) is 3.31. The van der Waals surface area contributed by atoms with Crippen LogP contribution in [0.3, 0.4) is 0 Å². The van der Waals surface area contributed by atoms with Crippen molar-refractivity contribution in [2.45, 2.75) is 38.0 Å². The molecule has 0 radical (unpaired) electrons. The van der Waals surface area contributed by atoms with E-state index < -0.39 is 10.2 Å². The lowest BCUT2D eigenvalue weighted by Gasteiger charge is -2.23. The molecule has 0 aromatic carbocycles. The van der Waals surface area contributed by atoms with Crippen LogP contribution in [0.25, 0.3) is 0 Å². The summed E-state index contributed by atoms with van der Waals surface area (Å²) in [6, 6.07) is 0. The van der Waals surface area contributed by atoms with E-state index in [1.807, 2.05) is 0 Å². The summed E-state index contributed by atoms with van der Waals surface area (Å²) >= 11 is 0. The van der Waals surface area contributed by atoms with Gasteiger partial charge in [-0.25, -0.2) is 8.96 Å². The van der Waals surface area contributed by atoms with Crippen molar-refractivity contribution in [2.24, 2.45) is 0 Å². The molecule has 0 spiro atoms. The molecule has 0 unspecified atom stereocenters. The van der Waals surface area contributed by atoms with Crippen molar-refractivity contribution in [1.82, 2.24) is 13.3 Å². The molecule has 0 aliphatic heterocycles. The van der Waals surface area contributed by atoms with E-state index in [0.717, 1.165) is 12.8 Å². The lowest BCUT2D eigenvalue weighted by Crippen LogP contribution is -2.30. The van der Waals surface area contributed by atoms with Crippen molar-refractivity contribution >= 4 is 10.2 Å². The van der Waals surface area contributed by atoms with E-state index in [0.29, 0.717) is 5.82 Å². The molecule has 0 saturated heterocycles. The Hall–Kier alpha value is -0.880. The van der Waals surface area contributed by atoms with Crippen LogP contribution < -0.4 is 0 Å². The molecule has 0 amide bonds. The number of imidazole rings is 1. The van der Waals surface area contributed by atoms with Crippen LogP contribution in [0.5, 0.6) is 0 Å². The maximum absolute atomic E-state index is 12.1. The van der Waals surface area contributed by atoms with Gasteiger partial charge in [-0.2, -0.15) is 12.7 Å². The van der Waals surface area contributed by atoms with Crippen LogP contribution >= 0.6 is 0 Å². The van der Waals surface area contributed by atoms with E-state index in [1.165, 1.54) is 27.5 Å². The van der Waals surface area contributed by atoms with Crippen molar-refractivity contribution in [3.05, 3.63) is 18.2 Å². The molecule has 2 rings (SSSR count). The van der Waals surface area contributed by atoms with Crippen LogP contribution in [0.1, 0.15) is 43.8 Å². The van der Waals surface area contributed by atoms with Gasteiger partial charge in [0.15, 0.2) is 0 Å². The van der Waals surface area contributed by atoms with Crippen molar-refractivity contribution in [3.8, 4) is 0 Å². The summed E-state index contributed by atoms with van der Waals surface area (Å²) in [5.74, 6) is 0.979. The highest BCUT2D eigenvalue weighted by molar-refractivity contribution is 7.87. The molecule has 0 atom stereocenters. The smallest absolute Gasteiger partial charge is 0.240 e. The Morgan fingerprint density at radius 3 is 2.53 bits per heavy atom. The summed E-state index contributed by atoms with van der Waals surface area (Å²) < 4.78 is 26.8. The Bertz CT molecular complexity index is 473. The SMILES string of the molecule is CN(C)S(=O)(=O)n1ccnc1C1CCCCC1. The van der Waals surface area contributed by atoms with Crippen LogP contribution in [-0.4, -0.2) is 35.8 Å². The van der Waals surface area contributed by atoms with Gasteiger partial charge in [-0.15, -0.1) is 0 Å². The molecule has 5 nitrogen and oxygen atoms in total. The first kappa shape index (κ1) is 12.6. The minimum absolute atomic E-state index is 0.286. The zero-order valence-corrected chi connectivity index (χ0v) is 11.2. The molecule has 17 heavy (non-hydrogen) atoms. The zero-order valence-electron chi connectivity index (χ0n) is 10.3. The quantitative estimate of drug-likeness (QED) is 0.826. The van der Waals surface area contributed by atoms with Gasteiger partial charge in [0.25, 0.3) is 0 Å². The first-order chi connectivity index (χ1) is 8.03. The van der Waals surface area contributed by atoms with E-state index >= 15 is 0 Å². The topological polar surface area (TPSA) is 55.2 Å². The van der Waals surface area contributed by atoms with Crippen LogP contribution in [0, 0.1) is 0 Å². The first-order valence-electron chi connectivity index (χ1n) is 6.00. The Balaban J connectivity index is 2.34. The van der Waals surface area contributed by atoms with Gasteiger partial charge in [-0.1, -0.05) is 19.3 Å². The number of hydrogen-bond donors (Lipinski definition) is 0. The lowest BCUT2D eigenvalue weighted by molar-refractivity contribution is 0.423. The minimum Gasteiger partial charge on any atom is -0.240 e. The Labute approximate surface area is 103 Å². The first-order valence-corrected chi connectivity index (χ1v) is 7.39. The molecule has 1 aliphatic carbocycles. The monoisotopic (exact) mass is 257 g/mol. The predicted molar refractivity (Wildman–Crippen MR) is 66.1 cm³/mol. The third kappa shape index (κ3) is 2.37. The van der Waals surface area contributed by atoms with Crippen LogP contribution in [0.2, 0.25) is 0 Å². The van der Waals surface area contributed by atoms with Crippen molar-refractivity contribution in [2.75, 3.05) is 14.1 Å². The van der Waals surface area contributed by atoms with Crippen LogP contribution in [-0.2, 0) is 10.2 Å². The lowest BCUT2D eigenvalue weighted by atomic mass is 9.89. The number of hydrogen-bond acceptors (Lipinski definition) is 3. The van der Waals surface area contributed by atoms with Gasteiger partial charge in [0.2, 0.25) is 0 Å². The van der Waals surface area contributed by atoms with Crippen molar-refractivity contribution in [1.29, 1.82) is 0 Å². The molecule has 1 aromatic heterocycles. The maximum atomic E-state index is 12.1. The Morgan fingerprint density at radius 1 is 1.29 bits per heavy atom. The average Bonchev–Trinajstić information content (AvgIpc) is 2.79.